The van der Waals surface area contributed by atoms with E-state index >= 15 is 0 Å². The van der Waals surface area contributed by atoms with Crippen LogP contribution in [0.1, 0.15) is 10.4 Å². The van der Waals surface area contributed by atoms with Gasteiger partial charge in [-0.2, -0.15) is 0 Å². The first-order chi connectivity index (χ1) is 12.7. The van der Waals surface area contributed by atoms with Gasteiger partial charge in [0.2, 0.25) is 5.88 Å². The van der Waals surface area contributed by atoms with Gasteiger partial charge >= 0.3 is 0 Å². The second-order valence-corrected chi connectivity index (χ2v) is 5.41. The molecule has 3 aromatic rings. The van der Waals surface area contributed by atoms with Crippen LogP contribution in [0.5, 0.6) is 11.6 Å². The van der Waals surface area contributed by atoms with Crippen LogP contribution in [0.25, 0.3) is 10.9 Å². The molecule has 0 aliphatic heterocycles. The minimum absolute atomic E-state index is 0.208. The van der Waals surface area contributed by atoms with Gasteiger partial charge in [0, 0.05) is 30.9 Å². The number of fused-ring (bicyclic) bond motifs is 1. The Labute approximate surface area is 150 Å². The van der Waals surface area contributed by atoms with Crippen LogP contribution in [0.3, 0.4) is 0 Å². The van der Waals surface area contributed by atoms with E-state index in [0.717, 1.165) is 10.9 Å². The summed E-state index contributed by atoms with van der Waals surface area (Å²) in [6, 6.07) is 9.58. The fourth-order valence-corrected chi connectivity index (χ4v) is 2.36. The van der Waals surface area contributed by atoms with E-state index in [0.29, 0.717) is 11.3 Å². The molecule has 0 aliphatic rings. The quantitative estimate of drug-likeness (QED) is 0.710. The molecule has 7 nitrogen and oxygen atoms in total. The molecule has 1 amide bonds. The molecular formula is C19H18N4O3. The van der Waals surface area contributed by atoms with Gasteiger partial charge in [-0.05, 0) is 18.2 Å². The molecule has 0 saturated heterocycles. The van der Waals surface area contributed by atoms with Crippen molar-refractivity contribution >= 4 is 16.8 Å². The van der Waals surface area contributed by atoms with Gasteiger partial charge in [-0.3, -0.25) is 14.5 Å². The van der Waals surface area contributed by atoms with E-state index in [4.69, 9.17) is 9.47 Å². The lowest BCUT2D eigenvalue weighted by molar-refractivity contribution is 0.0955. The maximum atomic E-state index is 12.1. The molecule has 132 valence electrons. The lowest BCUT2D eigenvalue weighted by Crippen LogP contribution is -2.23. The fraction of sp³-hybridized carbons (Fsp3) is 0.211. The van der Waals surface area contributed by atoms with Crippen LogP contribution in [0, 0.1) is 11.8 Å². The number of aromatic nitrogens is 3. The summed E-state index contributed by atoms with van der Waals surface area (Å²) in [5.74, 6) is 6.41. The molecule has 0 unspecified atom stereocenters. The average Bonchev–Trinajstić information content (AvgIpc) is 3.05. The van der Waals surface area contributed by atoms with Crippen LogP contribution >= 0.6 is 0 Å². The molecular weight excluding hydrogens is 332 g/mol. The summed E-state index contributed by atoms with van der Waals surface area (Å²) in [6.45, 7) is 0.434. The van der Waals surface area contributed by atoms with Crippen LogP contribution in [-0.2, 0) is 7.05 Å². The Morgan fingerprint density at radius 2 is 2.19 bits per heavy atom. The molecule has 2 heterocycles. The standard InChI is InChI=1S/C19H18N4O3/c1-23-13-16(19(22-23)25-2)18(24)21-9-3-4-11-26-15-8-7-14-6-5-10-20-17(14)12-15/h5-8,10,12-13H,9,11H2,1-2H3,(H,21,24). The highest BCUT2D eigenvalue weighted by Crippen LogP contribution is 2.18. The Kier molecular flexibility index (Phi) is 5.34. The number of aryl methyl sites for hydroxylation is 1. The second kappa shape index (κ2) is 8.03. The molecule has 2 aromatic heterocycles. The summed E-state index contributed by atoms with van der Waals surface area (Å²) >= 11 is 0. The lowest BCUT2D eigenvalue weighted by Gasteiger charge is -2.03. The molecule has 0 spiro atoms. The molecule has 0 fully saturated rings. The smallest absolute Gasteiger partial charge is 0.259 e. The summed E-state index contributed by atoms with van der Waals surface area (Å²) in [7, 11) is 3.19. The summed E-state index contributed by atoms with van der Waals surface area (Å²) in [4.78, 5) is 16.3. The minimum Gasteiger partial charge on any atom is -0.481 e. The third kappa shape index (κ3) is 4.11. The average molecular weight is 350 g/mol. The monoisotopic (exact) mass is 350 g/mol. The Bertz CT molecular complexity index is 985. The molecule has 0 atom stereocenters. The number of amides is 1. The minimum atomic E-state index is -0.286. The van der Waals surface area contributed by atoms with Gasteiger partial charge in [0.05, 0.1) is 19.2 Å². The SMILES string of the molecule is COc1nn(C)cc1C(=O)NCC#CCOc1ccc2cccnc2c1. The Morgan fingerprint density at radius 1 is 1.31 bits per heavy atom. The number of ether oxygens (including phenoxy) is 2. The Morgan fingerprint density at radius 3 is 3.04 bits per heavy atom. The summed E-state index contributed by atoms with van der Waals surface area (Å²) in [6.07, 6.45) is 3.34. The van der Waals surface area contributed by atoms with Crippen LogP contribution in [-0.4, -0.2) is 40.9 Å². The van der Waals surface area contributed by atoms with E-state index in [1.807, 2.05) is 30.3 Å². The zero-order valence-corrected chi connectivity index (χ0v) is 14.5. The number of nitrogens with one attached hydrogen (secondary N) is 1. The van der Waals surface area contributed by atoms with E-state index in [-0.39, 0.29) is 24.9 Å². The number of carbonyl (C=O) groups excluding carboxylic acids is 1. The first-order valence-electron chi connectivity index (χ1n) is 7.96. The summed E-state index contributed by atoms with van der Waals surface area (Å²) < 4.78 is 12.2. The summed E-state index contributed by atoms with van der Waals surface area (Å²) in [5, 5.41) is 7.79. The van der Waals surface area contributed by atoms with Gasteiger partial charge in [0.1, 0.15) is 17.9 Å². The van der Waals surface area contributed by atoms with E-state index in [1.165, 1.54) is 11.8 Å². The van der Waals surface area contributed by atoms with Crippen molar-refractivity contribution in [1.82, 2.24) is 20.1 Å². The van der Waals surface area contributed by atoms with Gasteiger partial charge in [0.25, 0.3) is 5.91 Å². The van der Waals surface area contributed by atoms with E-state index in [2.05, 4.69) is 27.2 Å². The van der Waals surface area contributed by atoms with Crippen LogP contribution in [0.15, 0.2) is 42.7 Å². The van der Waals surface area contributed by atoms with Gasteiger partial charge in [0.15, 0.2) is 0 Å². The molecule has 1 aromatic carbocycles. The number of benzene rings is 1. The highest BCUT2D eigenvalue weighted by molar-refractivity contribution is 5.96. The molecule has 0 bridgehead atoms. The van der Waals surface area contributed by atoms with E-state index in [1.54, 1.807) is 19.4 Å². The maximum Gasteiger partial charge on any atom is 0.259 e. The topological polar surface area (TPSA) is 78.3 Å². The Hall–Kier alpha value is -3.53. The molecule has 0 aliphatic carbocycles. The largest absolute Gasteiger partial charge is 0.481 e. The van der Waals surface area contributed by atoms with Gasteiger partial charge in [-0.15, -0.1) is 5.10 Å². The number of methoxy groups -OCH3 is 1. The lowest BCUT2D eigenvalue weighted by atomic mass is 10.2. The van der Waals surface area contributed by atoms with Crippen molar-refractivity contribution in [2.45, 2.75) is 0 Å². The zero-order valence-electron chi connectivity index (χ0n) is 14.5. The fourth-order valence-electron chi connectivity index (χ4n) is 2.36. The van der Waals surface area contributed by atoms with Crippen molar-refractivity contribution in [3.63, 3.8) is 0 Å². The van der Waals surface area contributed by atoms with Crippen LogP contribution in [0.2, 0.25) is 0 Å². The van der Waals surface area contributed by atoms with Crippen molar-refractivity contribution in [2.24, 2.45) is 7.05 Å². The highest BCUT2D eigenvalue weighted by atomic mass is 16.5. The highest BCUT2D eigenvalue weighted by Gasteiger charge is 2.15. The number of hydrogen-bond donors (Lipinski definition) is 1. The van der Waals surface area contributed by atoms with Crippen molar-refractivity contribution in [1.29, 1.82) is 0 Å². The zero-order chi connectivity index (χ0) is 18.4. The van der Waals surface area contributed by atoms with E-state index < -0.39 is 0 Å². The van der Waals surface area contributed by atoms with Gasteiger partial charge < -0.3 is 14.8 Å². The second-order valence-electron chi connectivity index (χ2n) is 5.41. The van der Waals surface area contributed by atoms with Crippen molar-refractivity contribution in [2.75, 3.05) is 20.3 Å². The number of pyridine rings is 1. The number of nitrogens with zero attached hydrogens (tertiary/aromatic N) is 3. The molecule has 0 radical (unpaired) electrons. The first-order valence-corrected chi connectivity index (χ1v) is 7.96. The predicted molar refractivity (Wildman–Crippen MR) is 97.1 cm³/mol. The third-order valence-corrected chi connectivity index (χ3v) is 3.58. The maximum absolute atomic E-state index is 12.1. The van der Waals surface area contributed by atoms with Crippen molar-refractivity contribution < 1.29 is 14.3 Å². The molecule has 7 heteroatoms. The number of hydrogen-bond acceptors (Lipinski definition) is 5. The molecule has 1 N–H and O–H groups in total. The number of rotatable bonds is 5. The number of carbonyl (C=O) groups is 1. The van der Waals surface area contributed by atoms with Crippen LogP contribution < -0.4 is 14.8 Å². The van der Waals surface area contributed by atoms with Crippen molar-refractivity contribution in [3.05, 3.63) is 48.3 Å². The van der Waals surface area contributed by atoms with Gasteiger partial charge in [-0.25, -0.2) is 0 Å². The Balaban J connectivity index is 1.48. The van der Waals surface area contributed by atoms with Gasteiger partial charge in [-0.1, -0.05) is 17.9 Å². The third-order valence-electron chi connectivity index (χ3n) is 3.58. The van der Waals surface area contributed by atoms with E-state index in [9.17, 15) is 4.79 Å². The predicted octanol–water partition coefficient (Wildman–Crippen LogP) is 1.79. The molecule has 0 saturated carbocycles. The van der Waals surface area contributed by atoms with Crippen molar-refractivity contribution in [3.8, 4) is 23.5 Å². The van der Waals surface area contributed by atoms with Crippen LogP contribution in [0.4, 0.5) is 0 Å². The summed E-state index contributed by atoms with van der Waals surface area (Å²) in [5.41, 5.74) is 1.24. The normalized spacial score (nSPS) is 10.1. The molecule has 26 heavy (non-hydrogen) atoms. The first kappa shape index (κ1) is 17.3. The molecule has 3 rings (SSSR count).